The highest BCUT2D eigenvalue weighted by Gasteiger charge is 2.20. The van der Waals surface area contributed by atoms with Crippen LogP contribution in [0.1, 0.15) is 49.0 Å². The number of benzene rings is 2. The maximum atomic E-state index is 12.4. The molecule has 0 saturated carbocycles. The van der Waals surface area contributed by atoms with E-state index in [-0.39, 0.29) is 12.5 Å². The molecule has 0 aliphatic heterocycles. The average molecular weight is 461 g/mol. The number of hydrogen-bond acceptors (Lipinski definition) is 4. The number of carbonyl (C=O) groups is 3. The maximum Gasteiger partial charge on any atom is 0.326 e. The van der Waals surface area contributed by atoms with Crippen molar-refractivity contribution in [2.45, 2.75) is 39.2 Å². The predicted octanol–water partition coefficient (Wildman–Crippen LogP) is 4.26. The summed E-state index contributed by atoms with van der Waals surface area (Å²) in [5.41, 5.74) is 2.16. The van der Waals surface area contributed by atoms with Crippen LogP contribution in [0.25, 0.3) is 0 Å². The van der Waals surface area contributed by atoms with Crippen LogP contribution in [0.3, 0.4) is 0 Å². The van der Waals surface area contributed by atoms with Crippen LogP contribution >= 0.6 is 15.9 Å². The van der Waals surface area contributed by atoms with Gasteiger partial charge in [0.05, 0.1) is 0 Å². The topological polar surface area (TPSA) is 84.5 Å². The van der Waals surface area contributed by atoms with Crippen molar-refractivity contribution >= 4 is 39.4 Å². The first-order chi connectivity index (χ1) is 13.8. The molecule has 0 aromatic heterocycles. The molecular weight excluding hydrogens is 436 g/mol. The molecule has 0 heterocycles. The van der Waals surface area contributed by atoms with E-state index in [0.717, 1.165) is 16.5 Å². The lowest BCUT2D eigenvalue weighted by Gasteiger charge is -2.18. The van der Waals surface area contributed by atoms with Crippen molar-refractivity contribution in [2.75, 3.05) is 11.9 Å². The molecule has 0 fully saturated rings. The largest absolute Gasteiger partial charge is 0.451 e. The van der Waals surface area contributed by atoms with Gasteiger partial charge in [-0.25, -0.2) is 0 Å². The third-order valence-electron chi connectivity index (χ3n) is 4.54. The zero-order valence-corrected chi connectivity index (χ0v) is 18.3. The second kappa shape index (κ2) is 10.8. The molecule has 2 rings (SSSR count). The molecule has 29 heavy (non-hydrogen) atoms. The summed E-state index contributed by atoms with van der Waals surface area (Å²) in [6.07, 6.45) is -0.0489. The molecule has 2 N–H and O–H groups in total. The van der Waals surface area contributed by atoms with Crippen molar-refractivity contribution in [3.8, 4) is 0 Å². The van der Waals surface area contributed by atoms with Gasteiger partial charge in [-0.1, -0.05) is 48.0 Å². The number of halogens is 1. The summed E-state index contributed by atoms with van der Waals surface area (Å²) < 4.78 is 5.99. The number of ether oxygens (including phenoxy) is 1. The smallest absolute Gasteiger partial charge is 0.326 e. The fourth-order valence-electron chi connectivity index (χ4n) is 2.64. The Morgan fingerprint density at radius 2 is 1.69 bits per heavy atom. The second-order valence-corrected chi connectivity index (χ2v) is 7.62. The van der Waals surface area contributed by atoms with E-state index >= 15 is 0 Å². The molecule has 2 unspecified atom stereocenters. The Kier molecular flexibility index (Phi) is 8.39. The minimum atomic E-state index is -0.989. The first-order valence-corrected chi connectivity index (χ1v) is 10.2. The van der Waals surface area contributed by atoms with Gasteiger partial charge in [0, 0.05) is 15.7 Å². The molecule has 2 atom stereocenters. The summed E-state index contributed by atoms with van der Waals surface area (Å²) in [5.74, 6) is -1.21. The quantitative estimate of drug-likeness (QED) is 0.576. The highest BCUT2D eigenvalue weighted by molar-refractivity contribution is 9.10. The predicted molar refractivity (Wildman–Crippen MR) is 116 cm³/mol. The van der Waals surface area contributed by atoms with Gasteiger partial charge in [0.25, 0.3) is 11.8 Å². The molecule has 2 aromatic carbocycles. The van der Waals surface area contributed by atoms with Crippen molar-refractivity contribution in [1.29, 1.82) is 0 Å². The van der Waals surface area contributed by atoms with E-state index in [1.54, 1.807) is 24.3 Å². The third-order valence-corrected chi connectivity index (χ3v) is 5.07. The van der Waals surface area contributed by atoms with Gasteiger partial charge in [0.15, 0.2) is 6.10 Å². The molecular formula is C22H25BrN2O4. The molecule has 2 aromatic rings. The zero-order chi connectivity index (χ0) is 21.4. The minimum Gasteiger partial charge on any atom is -0.451 e. The van der Waals surface area contributed by atoms with Gasteiger partial charge in [0.2, 0.25) is 0 Å². The molecule has 0 bridgehead atoms. The number of anilines is 1. The first kappa shape index (κ1) is 22.6. The van der Waals surface area contributed by atoms with Gasteiger partial charge in [0.1, 0.15) is 6.54 Å². The Bertz CT molecular complexity index is 867. The van der Waals surface area contributed by atoms with E-state index in [1.165, 1.54) is 6.92 Å². The summed E-state index contributed by atoms with van der Waals surface area (Å²) in [5, 5.41) is 5.30. The van der Waals surface area contributed by atoms with Gasteiger partial charge in [-0.3, -0.25) is 14.4 Å². The number of esters is 1. The van der Waals surface area contributed by atoms with Gasteiger partial charge < -0.3 is 15.4 Å². The summed E-state index contributed by atoms with van der Waals surface area (Å²) >= 11 is 3.29. The SMILES string of the molecule is CCC(C)c1ccccc1NC(=O)C(C)OC(=O)CNC(=O)c1ccc(Br)cc1. The number of carbonyl (C=O) groups excluding carboxylic acids is 3. The summed E-state index contributed by atoms with van der Waals surface area (Å²) in [7, 11) is 0. The van der Waals surface area contributed by atoms with Crippen molar-refractivity contribution in [1.82, 2.24) is 5.32 Å². The van der Waals surface area contributed by atoms with Crippen LogP contribution in [-0.2, 0) is 14.3 Å². The summed E-state index contributed by atoms with van der Waals surface area (Å²) in [4.78, 5) is 36.5. The highest BCUT2D eigenvalue weighted by atomic mass is 79.9. The van der Waals surface area contributed by atoms with E-state index in [9.17, 15) is 14.4 Å². The second-order valence-electron chi connectivity index (χ2n) is 6.71. The Balaban J connectivity index is 1.87. The lowest BCUT2D eigenvalue weighted by atomic mass is 9.97. The standard InChI is InChI=1S/C22H25BrN2O4/c1-4-14(2)18-7-5-6-8-19(18)25-21(27)15(3)29-20(26)13-24-22(28)16-9-11-17(23)12-10-16/h5-12,14-15H,4,13H2,1-3H3,(H,24,28)(H,25,27). The first-order valence-electron chi connectivity index (χ1n) is 9.44. The normalized spacial score (nSPS) is 12.6. The van der Waals surface area contributed by atoms with Crippen LogP contribution in [0.2, 0.25) is 0 Å². The van der Waals surface area contributed by atoms with Crippen LogP contribution in [0, 0.1) is 0 Å². The molecule has 6 nitrogen and oxygen atoms in total. The lowest BCUT2D eigenvalue weighted by Crippen LogP contribution is -2.36. The molecule has 0 saturated heterocycles. The third kappa shape index (κ3) is 6.71. The molecule has 0 aliphatic carbocycles. The Hall–Kier alpha value is -2.67. The molecule has 154 valence electrons. The van der Waals surface area contributed by atoms with Crippen LogP contribution in [0.5, 0.6) is 0 Å². The number of hydrogen-bond donors (Lipinski definition) is 2. The van der Waals surface area contributed by atoms with Crippen molar-refractivity contribution < 1.29 is 19.1 Å². The van der Waals surface area contributed by atoms with E-state index in [0.29, 0.717) is 11.3 Å². The van der Waals surface area contributed by atoms with Crippen LogP contribution < -0.4 is 10.6 Å². The number of para-hydroxylation sites is 1. The van der Waals surface area contributed by atoms with Crippen LogP contribution in [0.15, 0.2) is 53.0 Å². The molecule has 0 spiro atoms. The van der Waals surface area contributed by atoms with Gasteiger partial charge >= 0.3 is 5.97 Å². The fourth-order valence-corrected chi connectivity index (χ4v) is 2.91. The van der Waals surface area contributed by atoms with Crippen LogP contribution in [-0.4, -0.2) is 30.4 Å². The monoisotopic (exact) mass is 460 g/mol. The fraction of sp³-hybridized carbons (Fsp3) is 0.318. The Morgan fingerprint density at radius 3 is 2.34 bits per heavy atom. The van der Waals surface area contributed by atoms with Crippen molar-refractivity contribution in [2.24, 2.45) is 0 Å². The number of rotatable bonds is 8. The van der Waals surface area contributed by atoms with Crippen molar-refractivity contribution in [3.05, 3.63) is 64.1 Å². The molecule has 2 amide bonds. The minimum absolute atomic E-state index is 0.290. The number of amides is 2. The van der Waals surface area contributed by atoms with Crippen molar-refractivity contribution in [3.63, 3.8) is 0 Å². The molecule has 0 radical (unpaired) electrons. The van der Waals surface area contributed by atoms with E-state index in [2.05, 4.69) is 40.4 Å². The molecule has 7 heteroatoms. The van der Waals surface area contributed by atoms with Gasteiger partial charge in [-0.05, 0) is 55.2 Å². The number of nitrogens with one attached hydrogen (secondary N) is 2. The van der Waals surface area contributed by atoms with E-state index < -0.39 is 23.9 Å². The highest BCUT2D eigenvalue weighted by Crippen LogP contribution is 2.26. The van der Waals surface area contributed by atoms with Gasteiger partial charge in [-0.15, -0.1) is 0 Å². The van der Waals surface area contributed by atoms with E-state index in [4.69, 9.17) is 4.74 Å². The average Bonchev–Trinajstić information content (AvgIpc) is 2.72. The summed E-state index contributed by atoms with van der Waals surface area (Å²) in [6.45, 7) is 5.34. The van der Waals surface area contributed by atoms with Crippen LogP contribution in [0.4, 0.5) is 5.69 Å². The molecule has 0 aliphatic rings. The zero-order valence-electron chi connectivity index (χ0n) is 16.7. The van der Waals surface area contributed by atoms with E-state index in [1.807, 2.05) is 24.3 Å². The Morgan fingerprint density at radius 1 is 1.03 bits per heavy atom. The maximum absolute atomic E-state index is 12.4. The Labute approximate surface area is 179 Å². The summed E-state index contributed by atoms with van der Waals surface area (Å²) in [6, 6.07) is 14.3. The van der Waals surface area contributed by atoms with Gasteiger partial charge in [-0.2, -0.15) is 0 Å². The lowest BCUT2D eigenvalue weighted by molar-refractivity contribution is -0.152.